The van der Waals surface area contributed by atoms with Crippen molar-refractivity contribution in [2.24, 2.45) is 0 Å². The summed E-state index contributed by atoms with van der Waals surface area (Å²) in [4.78, 5) is 19.3. The highest BCUT2D eigenvalue weighted by molar-refractivity contribution is 5.78. The Morgan fingerprint density at radius 1 is 1.08 bits per heavy atom. The van der Waals surface area contributed by atoms with Crippen molar-refractivity contribution in [3.63, 3.8) is 0 Å². The summed E-state index contributed by atoms with van der Waals surface area (Å²) in [6, 6.07) is 6.47. The van der Waals surface area contributed by atoms with Gasteiger partial charge in [0.15, 0.2) is 0 Å². The van der Waals surface area contributed by atoms with E-state index in [2.05, 4.69) is 55.7 Å². The van der Waals surface area contributed by atoms with E-state index in [0.29, 0.717) is 6.54 Å². The van der Waals surface area contributed by atoms with Crippen LogP contribution in [0.15, 0.2) is 18.2 Å². The zero-order chi connectivity index (χ0) is 18.0. The summed E-state index contributed by atoms with van der Waals surface area (Å²) in [5.41, 5.74) is 3.98. The number of carbonyl (C=O) groups excluding carboxylic acids is 1. The largest absolute Gasteiger partial charge is 0.373 e. The predicted octanol–water partition coefficient (Wildman–Crippen LogP) is 2.06. The average molecular weight is 345 g/mol. The van der Waals surface area contributed by atoms with Gasteiger partial charge in [-0.3, -0.25) is 9.69 Å². The van der Waals surface area contributed by atoms with Gasteiger partial charge >= 0.3 is 0 Å². The molecule has 5 nitrogen and oxygen atoms in total. The third-order valence-corrected chi connectivity index (χ3v) is 5.40. The summed E-state index contributed by atoms with van der Waals surface area (Å²) in [6.07, 6.45) is 0.412. The van der Waals surface area contributed by atoms with Crippen LogP contribution < -0.4 is 4.90 Å². The van der Waals surface area contributed by atoms with Crippen molar-refractivity contribution in [3.05, 3.63) is 29.3 Å². The molecule has 1 aromatic carbocycles. The molecule has 25 heavy (non-hydrogen) atoms. The molecule has 0 aliphatic carbocycles. The van der Waals surface area contributed by atoms with Crippen LogP contribution in [0, 0.1) is 13.8 Å². The van der Waals surface area contributed by atoms with Crippen LogP contribution in [0.25, 0.3) is 0 Å². The molecule has 0 saturated carbocycles. The van der Waals surface area contributed by atoms with Gasteiger partial charge in [0.05, 0.1) is 18.8 Å². The van der Waals surface area contributed by atoms with Gasteiger partial charge in [0.25, 0.3) is 0 Å². The first-order valence-electron chi connectivity index (χ1n) is 9.41. The fourth-order valence-electron chi connectivity index (χ4n) is 3.98. The Labute approximate surface area is 151 Å². The minimum Gasteiger partial charge on any atom is -0.373 e. The zero-order valence-electron chi connectivity index (χ0n) is 16.0. The Morgan fingerprint density at radius 2 is 1.72 bits per heavy atom. The van der Waals surface area contributed by atoms with Crippen molar-refractivity contribution >= 4 is 11.6 Å². The number of carbonyl (C=O) groups is 1. The van der Waals surface area contributed by atoms with Gasteiger partial charge in [0, 0.05) is 45.0 Å². The molecule has 3 rings (SSSR count). The zero-order valence-corrected chi connectivity index (χ0v) is 16.0. The second kappa shape index (κ2) is 7.75. The fraction of sp³-hybridized carbons (Fsp3) is 0.650. The molecule has 138 valence electrons. The molecule has 0 N–H and O–H groups in total. The smallest absolute Gasteiger partial charge is 0.236 e. The maximum absolute atomic E-state index is 12.7. The van der Waals surface area contributed by atoms with E-state index in [-0.39, 0.29) is 18.1 Å². The quantitative estimate of drug-likeness (QED) is 0.840. The number of benzene rings is 1. The van der Waals surface area contributed by atoms with Crippen LogP contribution >= 0.6 is 0 Å². The van der Waals surface area contributed by atoms with Gasteiger partial charge < -0.3 is 14.5 Å². The van der Waals surface area contributed by atoms with E-state index in [9.17, 15) is 4.79 Å². The minimum atomic E-state index is 0.206. The first-order valence-corrected chi connectivity index (χ1v) is 9.41. The number of ether oxygens (including phenoxy) is 1. The topological polar surface area (TPSA) is 36.0 Å². The molecule has 1 aromatic rings. The summed E-state index contributed by atoms with van der Waals surface area (Å²) in [6.45, 7) is 14.1. The highest BCUT2D eigenvalue weighted by Crippen LogP contribution is 2.24. The van der Waals surface area contributed by atoms with Gasteiger partial charge in [0.2, 0.25) is 5.91 Å². The maximum atomic E-state index is 12.7. The molecule has 2 atom stereocenters. The number of hydrogen-bond donors (Lipinski definition) is 0. The lowest BCUT2D eigenvalue weighted by molar-refractivity contribution is -0.136. The van der Waals surface area contributed by atoms with E-state index in [1.54, 1.807) is 0 Å². The maximum Gasteiger partial charge on any atom is 0.236 e. The van der Waals surface area contributed by atoms with Crippen molar-refractivity contribution in [3.8, 4) is 0 Å². The van der Waals surface area contributed by atoms with Gasteiger partial charge in [-0.25, -0.2) is 0 Å². The van der Waals surface area contributed by atoms with Crippen LogP contribution in [0.2, 0.25) is 0 Å². The number of piperazine rings is 1. The SMILES string of the molecule is Cc1cccc(N2CCN(C(=O)CN3C[C@@H](C)O[C@@H](C)C3)CC2)c1C. The molecule has 0 radical (unpaired) electrons. The van der Waals surface area contributed by atoms with Gasteiger partial charge in [-0.2, -0.15) is 0 Å². The van der Waals surface area contributed by atoms with Crippen LogP contribution in [0.4, 0.5) is 5.69 Å². The lowest BCUT2D eigenvalue weighted by Crippen LogP contribution is -2.54. The van der Waals surface area contributed by atoms with Crippen LogP contribution in [0.1, 0.15) is 25.0 Å². The first-order chi connectivity index (χ1) is 11.9. The van der Waals surface area contributed by atoms with Crippen molar-refractivity contribution in [2.75, 3.05) is 50.7 Å². The fourth-order valence-corrected chi connectivity index (χ4v) is 3.98. The predicted molar refractivity (Wildman–Crippen MR) is 101 cm³/mol. The molecule has 2 saturated heterocycles. The van der Waals surface area contributed by atoms with Crippen LogP contribution in [0.3, 0.4) is 0 Å². The summed E-state index contributed by atoms with van der Waals surface area (Å²) in [5.74, 6) is 0.252. The van der Waals surface area contributed by atoms with Crippen LogP contribution in [-0.4, -0.2) is 73.7 Å². The number of nitrogens with zero attached hydrogens (tertiary/aromatic N) is 3. The number of aryl methyl sites for hydroxylation is 1. The first kappa shape index (κ1) is 18.2. The number of amides is 1. The molecular weight excluding hydrogens is 314 g/mol. The summed E-state index contributed by atoms with van der Waals surface area (Å²) < 4.78 is 5.75. The van der Waals surface area contributed by atoms with Gasteiger partial charge in [0.1, 0.15) is 0 Å². The Hall–Kier alpha value is -1.59. The lowest BCUT2D eigenvalue weighted by atomic mass is 10.1. The van der Waals surface area contributed by atoms with E-state index in [4.69, 9.17) is 4.74 Å². The van der Waals surface area contributed by atoms with Gasteiger partial charge in [-0.05, 0) is 44.9 Å². The molecule has 0 spiro atoms. The molecule has 2 heterocycles. The van der Waals surface area contributed by atoms with E-state index in [1.807, 2.05) is 4.90 Å². The van der Waals surface area contributed by atoms with Crippen molar-refractivity contribution in [2.45, 2.75) is 39.9 Å². The van der Waals surface area contributed by atoms with Crippen molar-refractivity contribution < 1.29 is 9.53 Å². The van der Waals surface area contributed by atoms with E-state index in [1.165, 1.54) is 16.8 Å². The van der Waals surface area contributed by atoms with Crippen LogP contribution in [-0.2, 0) is 9.53 Å². The van der Waals surface area contributed by atoms with E-state index < -0.39 is 0 Å². The molecule has 2 aliphatic heterocycles. The Morgan fingerprint density at radius 3 is 2.36 bits per heavy atom. The molecule has 1 amide bonds. The van der Waals surface area contributed by atoms with E-state index in [0.717, 1.165) is 39.3 Å². The number of morpholine rings is 1. The van der Waals surface area contributed by atoms with Crippen molar-refractivity contribution in [1.29, 1.82) is 0 Å². The van der Waals surface area contributed by atoms with Gasteiger partial charge in [-0.15, -0.1) is 0 Å². The standard InChI is InChI=1S/C20H31N3O2/c1-15-6-5-7-19(18(15)4)22-8-10-23(11-9-22)20(24)14-21-12-16(2)25-17(3)13-21/h5-7,16-17H,8-14H2,1-4H3/t16-,17+. The van der Waals surface area contributed by atoms with Crippen LogP contribution in [0.5, 0.6) is 0 Å². The molecular formula is C20H31N3O2. The molecule has 2 fully saturated rings. The summed E-state index contributed by atoms with van der Waals surface area (Å²) >= 11 is 0. The summed E-state index contributed by atoms with van der Waals surface area (Å²) in [5, 5.41) is 0. The normalized spacial score (nSPS) is 25.3. The Bertz CT molecular complexity index is 601. The highest BCUT2D eigenvalue weighted by Gasteiger charge is 2.27. The molecule has 0 unspecified atom stereocenters. The molecule has 2 aliphatic rings. The number of hydrogen-bond acceptors (Lipinski definition) is 4. The highest BCUT2D eigenvalue weighted by atomic mass is 16.5. The Kier molecular flexibility index (Phi) is 5.64. The lowest BCUT2D eigenvalue weighted by Gasteiger charge is -2.39. The second-order valence-corrected chi connectivity index (χ2v) is 7.54. The summed E-state index contributed by atoms with van der Waals surface area (Å²) in [7, 11) is 0. The van der Waals surface area contributed by atoms with E-state index >= 15 is 0 Å². The average Bonchev–Trinajstić information content (AvgIpc) is 2.56. The molecule has 0 aromatic heterocycles. The number of rotatable bonds is 3. The Balaban J connectivity index is 1.53. The van der Waals surface area contributed by atoms with Gasteiger partial charge in [-0.1, -0.05) is 12.1 Å². The third-order valence-electron chi connectivity index (χ3n) is 5.40. The molecule has 0 bridgehead atoms. The monoisotopic (exact) mass is 345 g/mol. The number of anilines is 1. The van der Waals surface area contributed by atoms with Crippen molar-refractivity contribution in [1.82, 2.24) is 9.80 Å². The molecule has 5 heteroatoms. The minimum absolute atomic E-state index is 0.206. The third kappa shape index (κ3) is 4.33. The second-order valence-electron chi connectivity index (χ2n) is 7.54.